The van der Waals surface area contributed by atoms with Crippen molar-refractivity contribution in [3.8, 4) is 11.5 Å². The number of thioether (sulfide) groups is 1. The molecule has 0 bridgehead atoms. The normalized spacial score (nSPS) is 14.4. The SMILES string of the molecule is COc1ccc(/C=C2\SC(=O)N(Cc3ccc(Cl)c(Cl)c3)C2=O)cc1OC(=O)c1cccc2ccccc12. The minimum Gasteiger partial charge on any atom is -0.493 e. The number of esters is 1. The average molecular weight is 564 g/mol. The third kappa shape index (κ3) is 5.27. The highest BCUT2D eigenvalue weighted by Crippen LogP contribution is 2.36. The molecule has 4 aromatic carbocycles. The van der Waals surface area contributed by atoms with Crippen molar-refractivity contribution in [3.63, 3.8) is 0 Å². The topological polar surface area (TPSA) is 72.9 Å². The van der Waals surface area contributed by atoms with E-state index in [1.54, 1.807) is 54.6 Å². The van der Waals surface area contributed by atoms with Crippen LogP contribution in [0.1, 0.15) is 21.5 Å². The standard InChI is InChI=1S/C29H19Cl2NO5S/c1-36-24-12-10-17(14-25(24)37-28(34)21-8-4-6-19-5-2-3-7-20(19)21)15-26-27(33)32(29(35)38-26)16-18-9-11-22(30)23(31)13-18/h2-15H,16H2,1H3/b26-15-. The second-order valence-electron chi connectivity index (χ2n) is 8.34. The van der Waals surface area contributed by atoms with E-state index in [1.807, 2.05) is 30.3 Å². The summed E-state index contributed by atoms with van der Waals surface area (Å²) in [5, 5.41) is 2.02. The van der Waals surface area contributed by atoms with Crippen LogP contribution in [0.3, 0.4) is 0 Å². The van der Waals surface area contributed by atoms with E-state index < -0.39 is 17.1 Å². The lowest BCUT2D eigenvalue weighted by molar-refractivity contribution is -0.123. The Hall–Kier alpha value is -3.78. The summed E-state index contributed by atoms with van der Waals surface area (Å²) < 4.78 is 11.1. The van der Waals surface area contributed by atoms with Crippen LogP contribution in [0.4, 0.5) is 4.79 Å². The lowest BCUT2D eigenvalue weighted by Gasteiger charge is -2.13. The second kappa shape index (κ2) is 10.9. The fourth-order valence-electron chi connectivity index (χ4n) is 4.03. The minimum atomic E-state index is -0.542. The molecule has 0 unspecified atom stereocenters. The summed E-state index contributed by atoms with van der Waals surface area (Å²) in [4.78, 5) is 40.1. The highest BCUT2D eigenvalue weighted by atomic mass is 35.5. The second-order valence-corrected chi connectivity index (χ2v) is 10.2. The van der Waals surface area contributed by atoms with E-state index in [4.69, 9.17) is 32.7 Å². The molecule has 1 aliphatic rings. The number of carbonyl (C=O) groups is 3. The maximum absolute atomic E-state index is 13.1. The van der Waals surface area contributed by atoms with Gasteiger partial charge < -0.3 is 9.47 Å². The quantitative estimate of drug-likeness (QED) is 0.136. The van der Waals surface area contributed by atoms with Gasteiger partial charge in [-0.1, -0.05) is 71.7 Å². The molecule has 1 aliphatic heterocycles. The van der Waals surface area contributed by atoms with Crippen molar-refractivity contribution in [1.82, 2.24) is 4.90 Å². The molecule has 0 N–H and O–H groups in total. The van der Waals surface area contributed by atoms with Crippen molar-refractivity contribution in [2.75, 3.05) is 7.11 Å². The van der Waals surface area contributed by atoms with Crippen LogP contribution >= 0.6 is 35.0 Å². The molecule has 9 heteroatoms. The number of halogens is 2. The molecule has 5 rings (SSSR count). The predicted molar refractivity (Wildman–Crippen MR) is 150 cm³/mol. The number of carbonyl (C=O) groups excluding carboxylic acids is 3. The van der Waals surface area contributed by atoms with Crippen LogP contribution in [0.2, 0.25) is 10.0 Å². The van der Waals surface area contributed by atoms with E-state index in [9.17, 15) is 14.4 Å². The highest BCUT2D eigenvalue weighted by Gasteiger charge is 2.35. The first-order valence-electron chi connectivity index (χ1n) is 11.4. The number of amides is 2. The molecular weight excluding hydrogens is 545 g/mol. The van der Waals surface area contributed by atoms with Crippen molar-refractivity contribution in [3.05, 3.63) is 111 Å². The summed E-state index contributed by atoms with van der Waals surface area (Å²) in [5.41, 5.74) is 1.65. The van der Waals surface area contributed by atoms with E-state index >= 15 is 0 Å². The van der Waals surface area contributed by atoms with E-state index in [0.29, 0.717) is 32.5 Å². The molecular formula is C29H19Cl2NO5S. The molecule has 2 amide bonds. The van der Waals surface area contributed by atoms with Gasteiger partial charge in [-0.25, -0.2) is 4.79 Å². The van der Waals surface area contributed by atoms with Crippen LogP contribution in [0.25, 0.3) is 16.8 Å². The number of fused-ring (bicyclic) bond motifs is 1. The molecule has 1 fully saturated rings. The zero-order chi connectivity index (χ0) is 26.8. The molecule has 1 heterocycles. The number of imide groups is 1. The molecule has 0 atom stereocenters. The lowest BCUT2D eigenvalue weighted by atomic mass is 10.0. The average Bonchev–Trinajstić information content (AvgIpc) is 3.17. The van der Waals surface area contributed by atoms with E-state index in [0.717, 1.165) is 27.4 Å². The Kier molecular flexibility index (Phi) is 7.42. The van der Waals surface area contributed by atoms with Crippen LogP contribution in [0, 0.1) is 0 Å². The van der Waals surface area contributed by atoms with Crippen LogP contribution in [-0.4, -0.2) is 29.1 Å². The Morgan fingerprint density at radius 3 is 2.50 bits per heavy atom. The van der Waals surface area contributed by atoms with Gasteiger partial charge in [-0.2, -0.15) is 0 Å². The Morgan fingerprint density at radius 1 is 0.921 bits per heavy atom. The molecule has 0 radical (unpaired) electrons. The summed E-state index contributed by atoms with van der Waals surface area (Å²) in [6, 6.07) is 22.8. The van der Waals surface area contributed by atoms with Gasteiger partial charge in [0.1, 0.15) is 0 Å². The van der Waals surface area contributed by atoms with Gasteiger partial charge in [-0.15, -0.1) is 0 Å². The van der Waals surface area contributed by atoms with Crippen LogP contribution in [0.5, 0.6) is 11.5 Å². The van der Waals surface area contributed by atoms with Crippen molar-refractivity contribution < 1.29 is 23.9 Å². The molecule has 0 aromatic heterocycles. The van der Waals surface area contributed by atoms with Crippen LogP contribution < -0.4 is 9.47 Å². The van der Waals surface area contributed by atoms with E-state index in [1.165, 1.54) is 7.11 Å². The predicted octanol–water partition coefficient (Wildman–Crippen LogP) is 7.61. The van der Waals surface area contributed by atoms with Gasteiger partial charge in [0.05, 0.1) is 34.2 Å². The number of hydrogen-bond donors (Lipinski definition) is 0. The Bertz CT molecular complexity index is 1630. The highest BCUT2D eigenvalue weighted by molar-refractivity contribution is 8.18. The van der Waals surface area contributed by atoms with Gasteiger partial charge in [-0.05, 0) is 70.1 Å². The van der Waals surface area contributed by atoms with Gasteiger partial charge >= 0.3 is 5.97 Å². The van der Waals surface area contributed by atoms with Gasteiger partial charge in [0.25, 0.3) is 11.1 Å². The number of nitrogens with zero attached hydrogens (tertiary/aromatic N) is 1. The lowest BCUT2D eigenvalue weighted by Crippen LogP contribution is -2.27. The van der Waals surface area contributed by atoms with Crippen molar-refractivity contribution >= 4 is 68.9 Å². The fraction of sp³-hybridized carbons (Fsp3) is 0.0690. The van der Waals surface area contributed by atoms with E-state index in [-0.39, 0.29) is 17.2 Å². The third-order valence-electron chi connectivity index (χ3n) is 5.90. The van der Waals surface area contributed by atoms with Crippen molar-refractivity contribution in [1.29, 1.82) is 0 Å². The first-order chi connectivity index (χ1) is 18.3. The van der Waals surface area contributed by atoms with E-state index in [2.05, 4.69) is 0 Å². The number of rotatable bonds is 6. The summed E-state index contributed by atoms with van der Waals surface area (Å²) in [6.07, 6.45) is 1.58. The van der Waals surface area contributed by atoms with Crippen molar-refractivity contribution in [2.24, 2.45) is 0 Å². The number of methoxy groups -OCH3 is 1. The van der Waals surface area contributed by atoms with Crippen LogP contribution in [-0.2, 0) is 11.3 Å². The first-order valence-corrected chi connectivity index (χ1v) is 13.0. The number of benzene rings is 4. The monoisotopic (exact) mass is 563 g/mol. The van der Waals surface area contributed by atoms with Crippen LogP contribution in [0.15, 0.2) is 83.8 Å². The first kappa shape index (κ1) is 25.9. The largest absolute Gasteiger partial charge is 0.493 e. The Labute approximate surface area is 232 Å². The zero-order valence-electron chi connectivity index (χ0n) is 19.9. The zero-order valence-corrected chi connectivity index (χ0v) is 22.3. The molecule has 1 saturated heterocycles. The molecule has 38 heavy (non-hydrogen) atoms. The maximum atomic E-state index is 13.1. The fourth-order valence-corrected chi connectivity index (χ4v) is 5.19. The third-order valence-corrected chi connectivity index (χ3v) is 7.54. The Balaban J connectivity index is 1.39. The molecule has 0 aliphatic carbocycles. The summed E-state index contributed by atoms with van der Waals surface area (Å²) in [6.45, 7) is 0.0649. The van der Waals surface area contributed by atoms with Gasteiger partial charge in [0.2, 0.25) is 0 Å². The molecule has 190 valence electrons. The number of hydrogen-bond acceptors (Lipinski definition) is 6. The summed E-state index contributed by atoms with van der Waals surface area (Å²) in [7, 11) is 1.47. The Morgan fingerprint density at radius 2 is 1.71 bits per heavy atom. The summed E-state index contributed by atoms with van der Waals surface area (Å²) >= 11 is 12.9. The maximum Gasteiger partial charge on any atom is 0.344 e. The molecule has 6 nitrogen and oxygen atoms in total. The smallest absolute Gasteiger partial charge is 0.344 e. The van der Waals surface area contributed by atoms with Gasteiger partial charge in [0, 0.05) is 0 Å². The molecule has 0 spiro atoms. The number of ether oxygens (including phenoxy) is 2. The molecule has 4 aromatic rings. The van der Waals surface area contributed by atoms with Crippen molar-refractivity contribution in [2.45, 2.75) is 6.54 Å². The van der Waals surface area contributed by atoms with Gasteiger partial charge in [-0.3, -0.25) is 14.5 Å². The summed E-state index contributed by atoms with van der Waals surface area (Å²) in [5.74, 6) is -0.437. The minimum absolute atomic E-state index is 0.0649. The molecule has 0 saturated carbocycles. The van der Waals surface area contributed by atoms with Gasteiger partial charge in [0.15, 0.2) is 11.5 Å².